The first-order valence-corrected chi connectivity index (χ1v) is 6.69. The number of rotatable bonds is 3. The van der Waals surface area contributed by atoms with Crippen LogP contribution in [-0.2, 0) is 4.74 Å². The highest BCUT2D eigenvalue weighted by molar-refractivity contribution is 5.71. The van der Waals surface area contributed by atoms with Crippen LogP contribution in [0.4, 0.5) is 23.3 Å². The third-order valence-corrected chi connectivity index (χ3v) is 3.18. The zero-order chi connectivity index (χ0) is 15.7. The quantitative estimate of drug-likeness (QED) is 0.639. The molecule has 1 fully saturated rings. The molecular formula is C12H20N6O3. The lowest BCUT2D eigenvalue weighted by atomic mass is 10.2. The fraction of sp³-hybridized carbons (Fsp3) is 0.667. The van der Waals surface area contributed by atoms with Crippen LogP contribution in [-0.4, -0.2) is 54.3 Å². The minimum absolute atomic E-state index is 0.0349. The van der Waals surface area contributed by atoms with Crippen molar-refractivity contribution in [3.63, 3.8) is 0 Å². The molecular weight excluding hydrogens is 276 g/mol. The van der Waals surface area contributed by atoms with E-state index in [-0.39, 0.29) is 29.5 Å². The summed E-state index contributed by atoms with van der Waals surface area (Å²) in [5, 5.41) is 11.3. The minimum Gasteiger partial charge on any atom is -0.378 e. The Morgan fingerprint density at radius 2 is 1.90 bits per heavy atom. The Hall–Kier alpha value is -2.16. The SMILES string of the molecule is CC1CN(c2nc(N(C)C)nc(N)c2[N+](=O)[O-])CC(C)O1. The first kappa shape index (κ1) is 15.2. The molecule has 21 heavy (non-hydrogen) atoms. The van der Waals surface area contributed by atoms with Crippen LogP contribution < -0.4 is 15.5 Å². The highest BCUT2D eigenvalue weighted by Crippen LogP contribution is 2.33. The number of ether oxygens (including phenoxy) is 1. The predicted octanol–water partition coefficient (Wildman–Crippen LogP) is 0.647. The molecule has 2 N–H and O–H groups in total. The maximum Gasteiger partial charge on any atom is 0.353 e. The van der Waals surface area contributed by atoms with E-state index in [0.29, 0.717) is 19.0 Å². The molecule has 1 saturated heterocycles. The summed E-state index contributed by atoms with van der Waals surface area (Å²) in [6, 6.07) is 0. The molecule has 0 spiro atoms. The Balaban J connectivity index is 2.51. The van der Waals surface area contributed by atoms with Crippen LogP contribution in [0.3, 0.4) is 0 Å². The van der Waals surface area contributed by atoms with Crippen molar-refractivity contribution < 1.29 is 9.66 Å². The van der Waals surface area contributed by atoms with Crippen LogP contribution in [0.5, 0.6) is 0 Å². The molecule has 1 aromatic rings. The average molecular weight is 296 g/mol. The summed E-state index contributed by atoms with van der Waals surface area (Å²) in [5.41, 5.74) is 5.51. The van der Waals surface area contributed by atoms with E-state index in [0.717, 1.165) is 0 Å². The molecule has 9 heteroatoms. The molecule has 2 unspecified atom stereocenters. The standard InChI is InChI=1S/C12H20N6O3/c1-7-5-17(6-8(2)21-7)11-9(18(19)20)10(13)14-12(15-11)16(3)4/h7-8H,5-6H2,1-4H3,(H2,13,14,15). The third kappa shape index (κ3) is 3.13. The van der Waals surface area contributed by atoms with Crippen molar-refractivity contribution in [2.75, 3.05) is 42.7 Å². The van der Waals surface area contributed by atoms with E-state index in [1.54, 1.807) is 19.0 Å². The van der Waals surface area contributed by atoms with Crippen LogP contribution in [0.15, 0.2) is 0 Å². The van der Waals surface area contributed by atoms with E-state index >= 15 is 0 Å². The minimum atomic E-state index is -0.533. The monoisotopic (exact) mass is 296 g/mol. The van der Waals surface area contributed by atoms with Gasteiger partial charge >= 0.3 is 5.69 Å². The molecule has 1 aliphatic rings. The van der Waals surface area contributed by atoms with Gasteiger partial charge < -0.3 is 20.3 Å². The second kappa shape index (κ2) is 5.68. The molecule has 0 saturated carbocycles. The molecule has 116 valence electrons. The van der Waals surface area contributed by atoms with Gasteiger partial charge in [0.05, 0.1) is 17.1 Å². The lowest BCUT2D eigenvalue weighted by molar-refractivity contribution is -0.383. The highest BCUT2D eigenvalue weighted by atomic mass is 16.6. The van der Waals surface area contributed by atoms with Crippen LogP contribution >= 0.6 is 0 Å². The normalized spacial score (nSPS) is 22.2. The molecule has 2 heterocycles. The van der Waals surface area contributed by atoms with Crippen molar-refractivity contribution in [3.8, 4) is 0 Å². The summed E-state index contributed by atoms with van der Waals surface area (Å²) < 4.78 is 5.65. The van der Waals surface area contributed by atoms with Gasteiger partial charge in [-0.15, -0.1) is 0 Å². The number of nitrogens with zero attached hydrogens (tertiary/aromatic N) is 5. The zero-order valence-electron chi connectivity index (χ0n) is 12.6. The van der Waals surface area contributed by atoms with Crippen LogP contribution in [0.2, 0.25) is 0 Å². The van der Waals surface area contributed by atoms with E-state index in [9.17, 15) is 10.1 Å². The van der Waals surface area contributed by atoms with Gasteiger partial charge in [0.25, 0.3) is 0 Å². The van der Waals surface area contributed by atoms with Crippen molar-refractivity contribution in [3.05, 3.63) is 10.1 Å². The summed E-state index contributed by atoms with van der Waals surface area (Å²) in [4.78, 5) is 22.6. The molecule has 0 aromatic carbocycles. The number of anilines is 3. The van der Waals surface area contributed by atoms with Gasteiger partial charge in [-0.05, 0) is 13.8 Å². The van der Waals surface area contributed by atoms with E-state index in [4.69, 9.17) is 10.5 Å². The van der Waals surface area contributed by atoms with Crippen molar-refractivity contribution in [2.45, 2.75) is 26.1 Å². The van der Waals surface area contributed by atoms with Crippen LogP contribution in [0.25, 0.3) is 0 Å². The fourth-order valence-corrected chi connectivity index (χ4v) is 2.39. The maximum absolute atomic E-state index is 11.3. The summed E-state index contributed by atoms with van der Waals surface area (Å²) in [7, 11) is 3.52. The van der Waals surface area contributed by atoms with Crippen molar-refractivity contribution in [1.82, 2.24) is 9.97 Å². The smallest absolute Gasteiger partial charge is 0.353 e. The maximum atomic E-state index is 11.3. The van der Waals surface area contributed by atoms with Gasteiger partial charge in [-0.2, -0.15) is 9.97 Å². The molecule has 2 rings (SSSR count). The summed E-state index contributed by atoms with van der Waals surface area (Å²) >= 11 is 0. The third-order valence-electron chi connectivity index (χ3n) is 3.18. The Bertz CT molecular complexity index is 540. The molecule has 2 atom stereocenters. The second-order valence-corrected chi connectivity index (χ2v) is 5.39. The van der Waals surface area contributed by atoms with Crippen LogP contribution in [0, 0.1) is 10.1 Å². The summed E-state index contributed by atoms with van der Waals surface area (Å²) in [5.74, 6) is 0.471. The van der Waals surface area contributed by atoms with Gasteiger partial charge in [-0.1, -0.05) is 0 Å². The molecule has 1 aliphatic heterocycles. The molecule has 0 amide bonds. The van der Waals surface area contributed by atoms with E-state index < -0.39 is 4.92 Å². The number of hydrogen-bond acceptors (Lipinski definition) is 8. The summed E-state index contributed by atoms with van der Waals surface area (Å²) in [6.07, 6.45) is -0.0697. The van der Waals surface area contributed by atoms with Crippen molar-refractivity contribution in [1.29, 1.82) is 0 Å². The number of hydrogen-bond donors (Lipinski definition) is 1. The first-order chi connectivity index (χ1) is 9.79. The number of nitro groups is 1. The van der Waals surface area contributed by atoms with Crippen molar-refractivity contribution in [2.24, 2.45) is 0 Å². The van der Waals surface area contributed by atoms with Gasteiger partial charge in [0.1, 0.15) is 0 Å². The van der Waals surface area contributed by atoms with Gasteiger partial charge in [-0.3, -0.25) is 10.1 Å². The zero-order valence-corrected chi connectivity index (χ0v) is 12.6. The van der Waals surface area contributed by atoms with Gasteiger partial charge in [0.15, 0.2) is 0 Å². The topological polar surface area (TPSA) is 111 Å². The number of nitrogen functional groups attached to an aromatic ring is 1. The van der Waals surface area contributed by atoms with E-state index in [1.807, 2.05) is 18.7 Å². The Kier molecular flexibility index (Phi) is 4.12. The average Bonchev–Trinajstić information content (AvgIpc) is 2.35. The molecule has 0 aliphatic carbocycles. The van der Waals surface area contributed by atoms with Gasteiger partial charge in [0, 0.05) is 27.2 Å². The number of aromatic nitrogens is 2. The highest BCUT2D eigenvalue weighted by Gasteiger charge is 2.32. The van der Waals surface area contributed by atoms with E-state index in [2.05, 4.69) is 9.97 Å². The largest absolute Gasteiger partial charge is 0.378 e. The van der Waals surface area contributed by atoms with E-state index in [1.165, 1.54) is 0 Å². The molecule has 0 radical (unpaired) electrons. The van der Waals surface area contributed by atoms with Crippen LogP contribution in [0.1, 0.15) is 13.8 Å². The Morgan fingerprint density at radius 1 is 1.33 bits per heavy atom. The van der Waals surface area contributed by atoms with Gasteiger partial charge in [-0.25, -0.2) is 0 Å². The molecule has 9 nitrogen and oxygen atoms in total. The number of nitrogens with two attached hydrogens (primary N) is 1. The molecule has 1 aromatic heterocycles. The number of morpholine rings is 1. The fourth-order valence-electron chi connectivity index (χ4n) is 2.39. The summed E-state index contributed by atoms with van der Waals surface area (Å²) in [6.45, 7) is 4.89. The Morgan fingerprint density at radius 3 is 2.38 bits per heavy atom. The molecule has 0 bridgehead atoms. The van der Waals surface area contributed by atoms with Gasteiger partial charge in [0.2, 0.25) is 17.6 Å². The predicted molar refractivity (Wildman–Crippen MR) is 79.6 cm³/mol. The van der Waals surface area contributed by atoms with Crippen molar-refractivity contribution >= 4 is 23.3 Å². The second-order valence-electron chi connectivity index (χ2n) is 5.39. The lowest BCUT2D eigenvalue weighted by Crippen LogP contribution is -2.46. The lowest BCUT2D eigenvalue weighted by Gasteiger charge is -2.35. The first-order valence-electron chi connectivity index (χ1n) is 6.69. The Labute approximate surface area is 122 Å².